The summed E-state index contributed by atoms with van der Waals surface area (Å²) < 4.78 is 1.78. The minimum absolute atomic E-state index is 0.0278. The maximum atomic E-state index is 12.9. The maximum absolute atomic E-state index is 12.9. The molecule has 2 heterocycles. The molecule has 6 heteroatoms. The molecule has 1 atom stereocenters. The summed E-state index contributed by atoms with van der Waals surface area (Å²) in [7, 11) is 1.69. The first-order valence-corrected chi connectivity index (χ1v) is 9.30. The van der Waals surface area contributed by atoms with Crippen molar-refractivity contribution in [3.8, 4) is 5.69 Å². The van der Waals surface area contributed by atoms with E-state index in [-0.39, 0.29) is 18.4 Å². The third kappa shape index (κ3) is 3.53. The number of rotatable bonds is 5. The van der Waals surface area contributed by atoms with E-state index < -0.39 is 6.04 Å². The van der Waals surface area contributed by atoms with E-state index >= 15 is 0 Å². The Morgan fingerprint density at radius 1 is 1.00 bits per heavy atom. The van der Waals surface area contributed by atoms with Crippen LogP contribution in [0.3, 0.4) is 0 Å². The molecule has 0 aliphatic carbocycles. The molecule has 0 unspecified atom stereocenters. The molecule has 6 nitrogen and oxygen atoms in total. The SMILES string of the molecule is CN1CC(=O)N(Cc2ccccc2-n2cccn2)[C@@H](Cc2ccccc2)C1=O. The van der Waals surface area contributed by atoms with Crippen LogP contribution in [-0.4, -0.2) is 51.0 Å². The Hall–Kier alpha value is -3.41. The molecule has 1 aromatic heterocycles. The molecule has 4 rings (SSSR count). The fourth-order valence-electron chi connectivity index (χ4n) is 3.63. The molecular weight excluding hydrogens is 352 g/mol. The summed E-state index contributed by atoms with van der Waals surface area (Å²) in [4.78, 5) is 29.0. The van der Waals surface area contributed by atoms with Crippen LogP contribution in [0.25, 0.3) is 5.69 Å². The Labute approximate surface area is 164 Å². The van der Waals surface area contributed by atoms with E-state index in [0.717, 1.165) is 16.8 Å². The predicted octanol–water partition coefficient (Wildman–Crippen LogP) is 2.28. The molecule has 2 amide bonds. The summed E-state index contributed by atoms with van der Waals surface area (Å²) in [5.41, 5.74) is 2.90. The van der Waals surface area contributed by atoms with Gasteiger partial charge in [-0.15, -0.1) is 0 Å². The highest BCUT2D eigenvalue weighted by atomic mass is 16.2. The standard InChI is InChI=1S/C22H22N4O2/c1-24-16-21(27)25(20(22(24)28)14-17-8-3-2-4-9-17)15-18-10-5-6-11-19(18)26-13-7-12-23-26/h2-13,20H,14-16H2,1H3/t20-/m0/s1. The van der Waals surface area contributed by atoms with Crippen molar-refractivity contribution in [1.82, 2.24) is 19.6 Å². The second-order valence-electron chi connectivity index (χ2n) is 7.00. The molecule has 1 aliphatic rings. The Bertz CT molecular complexity index is 969. The summed E-state index contributed by atoms with van der Waals surface area (Å²) in [6, 6.07) is 19.0. The van der Waals surface area contributed by atoms with Gasteiger partial charge in [-0.1, -0.05) is 48.5 Å². The molecule has 0 saturated carbocycles. The van der Waals surface area contributed by atoms with Crippen LogP contribution < -0.4 is 0 Å². The van der Waals surface area contributed by atoms with Crippen molar-refractivity contribution in [2.45, 2.75) is 19.0 Å². The molecule has 0 radical (unpaired) electrons. The van der Waals surface area contributed by atoms with Crippen LogP contribution in [0.5, 0.6) is 0 Å². The van der Waals surface area contributed by atoms with Gasteiger partial charge in [0, 0.05) is 32.4 Å². The van der Waals surface area contributed by atoms with Gasteiger partial charge in [-0.05, 0) is 23.3 Å². The van der Waals surface area contributed by atoms with E-state index in [9.17, 15) is 9.59 Å². The molecule has 1 saturated heterocycles. The Morgan fingerprint density at radius 3 is 2.50 bits per heavy atom. The maximum Gasteiger partial charge on any atom is 0.245 e. The Kier molecular flexibility index (Phi) is 4.93. The third-order valence-electron chi connectivity index (χ3n) is 5.09. The van der Waals surface area contributed by atoms with Crippen molar-refractivity contribution in [3.63, 3.8) is 0 Å². The monoisotopic (exact) mass is 374 g/mol. The van der Waals surface area contributed by atoms with Crippen molar-refractivity contribution < 1.29 is 9.59 Å². The number of piperazine rings is 1. The van der Waals surface area contributed by atoms with E-state index in [1.54, 1.807) is 22.8 Å². The average molecular weight is 374 g/mol. The second-order valence-corrected chi connectivity index (χ2v) is 7.00. The minimum atomic E-state index is -0.515. The predicted molar refractivity (Wildman–Crippen MR) is 106 cm³/mol. The molecule has 0 bridgehead atoms. The first-order chi connectivity index (χ1) is 13.6. The zero-order chi connectivity index (χ0) is 19.5. The highest BCUT2D eigenvalue weighted by molar-refractivity contribution is 5.95. The first-order valence-electron chi connectivity index (χ1n) is 9.30. The lowest BCUT2D eigenvalue weighted by Gasteiger charge is -2.39. The quantitative estimate of drug-likeness (QED) is 0.688. The minimum Gasteiger partial charge on any atom is -0.335 e. The van der Waals surface area contributed by atoms with Crippen LogP contribution >= 0.6 is 0 Å². The van der Waals surface area contributed by atoms with Gasteiger partial charge in [0.05, 0.1) is 12.2 Å². The smallest absolute Gasteiger partial charge is 0.245 e. The van der Waals surface area contributed by atoms with Crippen LogP contribution in [0, 0.1) is 0 Å². The molecule has 1 aliphatic heterocycles. The fourth-order valence-corrected chi connectivity index (χ4v) is 3.63. The van der Waals surface area contributed by atoms with Crippen molar-refractivity contribution in [2.24, 2.45) is 0 Å². The van der Waals surface area contributed by atoms with Gasteiger partial charge < -0.3 is 9.80 Å². The number of hydrogen-bond acceptors (Lipinski definition) is 3. The normalized spacial score (nSPS) is 17.2. The lowest BCUT2D eigenvalue weighted by Crippen LogP contribution is -2.59. The molecule has 1 fully saturated rings. The van der Waals surface area contributed by atoms with Gasteiger partial charge in [0.2, 0.25) is 11.8 Å². The van der Waals surface area contributed by atoms with E-state index in [2.05, 4.69) is 5.10 Å². The molecule has 3 aromatic rings. The van der Waals surface area contributed by atoms with Gasteiger partial charge in [0.1, 0.15) is 6.04 Å². The molecule has 28 heavy (non-hydrogen) atoms. The highest BCUT2D eigenvalue weighted by Crippen LogP contribution is 2.22. The Balaban J connectivity index is 1.66. The van der Waals surface area contributed by atoms with E-state index in [0.29, 0.717) is 13.0 Å². The molecule has 0 N–H and O–H groups in total. The molecule has 2 aromatic carbocycles. The topological polar surface area (TPSA) is 58.4 Å². The van der Waals surface area contributed by atoms with Crippen LogP contribution in [-0.2, 0) is 22.6 Å². The number of likely N-dealkylation sites (N-methyl/N-ethyl adjacent to an activating group) is 1. The number of nitrogens with zero attached hydrogens (tertiary/aromatic N) is 4. The number of para-hydroxylation sites is 1. The molecule has 142 valence electrons. The zero-order valence-corrected chi connectivity index (χ0v) is 15.7. The van der Waals surface area contributed by atoms with Crippen LogP contribution in [0.15, 0.2) is 73.1 Å². The van der Waals surface area contributed by atoms with Crippen LogP contribution in [0.4, 0.5) is 0 Å². The third-order valence-corrected chi connectivity index (χ3v) is 5.09. The van der Waals surface area contributed by atoms with Gasteiger partial charge >= 0.3 is 0 Å². The molecule has 0 spiro atoms. The van der Waals surface area contributed by atoms with Crippen LogP contribution in [0.2, 0.25) is 0 Å². The zero-order valence-electron chi connectivity index (χ0n) is 15.7. The highest BCUT2D eigenvalue weighted by Gasteiger charge is 2.37. The van der Waals surface area contributed by atoms with Gasteiger partial charge in [0.25, 0.3) is 0 Å². The van der Waals surface area contributed by atoms with E-state index in [4.69, 9.17) is 0 Å². The summed E-state index contributed by atoms with van der Waals surface area (Å²) in [6.07, 6.45) is 4.09. The summed E-state index contributed by atoms with van der Waals surface area (Å²) in [5.74, 6) is -0.0710. The molecular formula is C22H22N4O2. The van der Waals surface area contributed by atoms with Crippen molar-refractivity contribution in [2.75, 3.05) is 13.6 Å². The van der Waals surface area contributed by atoms with Crippen molar-refractivity contribution >= 4 is 11.8 Å². The van der Waals surface area contributed by atoms with Crippen molar-refractivity contribution in [1.29, 1.82) is 0 Å². The van der Waals surface area contributed by atoms with E-state index in [1.807, 2.05) is 66.9 Å². The lowest BCUT2D eigenvalue weighted by molar-refractivity contribution is -0.155. The number of benzene rings is 2. The number of aromatic nitrogens is 2. The Morgan fingerprint density at radius 2 is 1.75 bits per heavy atom. The number of hydrogen-bond donors (Lipinski definition) is 0. The van der Waals surface area contributed by atoms with Gasteiger partial charge in [-0.2, -0.15) is 5.10 Å². The lowest BCUT2D eigenvalue weighted by atomic mass is 10.00. The van der Waals surface area contributed by atoms with Gasteiger partial charge in [-0.3, -0.25) is 9.59 Å². The number of carbonyl (C=O) groups is 2. The van der Waals surface area contributed by atoms with Gasteiger partial charge in [-0.25, -0.2) is 4.68 Å². The van der Waals surface area contributed by atoms with E-state index in [1.165, 1.54) is 4.90 Å². The number of carbonyl (C=O) groups excluding carboxylic acids is 2. The number of amides is 2. The largest absolute Gasteiger partial charge is 0.335 e. The summed E-state index contributed by atoms with van der Waals surface area (Å²) in [6.45, 7) is 0.472. The fraction of sp³-hybridized carbons (Fsp3) is 0.227. The second kappa shape index (κ2) is 7.68. The van der Waals surface area contributed by atoms with Crippen molar-refractivity contribution in [3.05, 3.63) is 84.2 Å². The van der Waals surface area contributed by atoms with Gasteiger partial charge in [0.15, 0.2) is 0 Å². The van der Waals surface area contributed by atoms with Crippen LogP contribution in [0.1, 0.15) is 11.1 Å². The summed E-state index contributed by atoms with van der Waals surface area (Å²) in [5, 5.41) is 4.31. The average Bonchev–Trinajstić information content (AvgIpc) is 3.24. The summed E-state index contributed by atoms with van der Waals surface area (Å²) >= 11 is 0. The first kappa shape index (κ1) is 18.0.